The summed E-state index contributed by atoms with van der Waals surface area (Å²) in [6, 6.07) is -0.145. The van der Waals surface area contributed by atoms with E-state index in [4.69, 9.17) is 0 Å². The van der Waals surface area contributed by atoms with Gasteiger partial charge in [0.1, 0.15) is 6.04 Å². The van der Waals surface area contributed by atoms with Crippen LogP contribution in [0.15, 0.2) is 12.7 Å². The van der Waals surface area contributed by atoms with Crippen LogP contribution in [0.1, 0.15) is 32.6 Å². The first-order valence-electron chi connectivity index (χ1n) is 7.69. The van der Waals surface area contributed by atoms with E-state index in [-0.39, 0.29) is 24.2 Å². The van der Waals surface area contributed by atoms with Gasteiger partial charge in [-0.25, -0.2) is 4.79 Å². The van der Waals surface area contributed by atoms with Crippen LogP contribution in [0.4, 0.5) is 4.79 Å². The van der Waals surface area contributed by atoms with Crippen LogP contribution in [0.3, 0.4) is 0 Å². The highest BCUT2D eigenvalue weighted by Crippen LogP contribution is 2.26. The summed E-state index contributed by atoms with van der Waals surface area (Å²) >= 11 is 0. The van der Waals surface area contributed by atoms with Crippen molar-refractivity contribution in [3.8, 4) is 0 Å². The number of piperidine rings is 1. The Bertz CT molecular complexity index is 405. The first-order valence-corrected chi connectivity index (χ1v) is 7.69. The van der Waals surface area contributed by atoms with E-state index in [0.29, 0.717) is 13.1 Å². The Morgan fingerprint density at radius 2 is 1.95 bits per heavy atom. The molecule has 2 fully saturated rings. The number of aliphatic carboxylic acids is 1. The smallest absolute Gasteiger partial charge is 0.320 e. The van der Waals surface area contributed by atoms with Crippen LogP contribution < -0.4 is 5.32 Å². The summed E-state index contributed by atoms with van der Waals surface area (Å²) in [5, 5.41) is 12.1. The van der Waals surface area contributed by atoms with Gasteiger partial charge in [0.15, 0.2) is 0 Å². The van der Waals surface area contributed by atoms with E-state index in [1.807, 2.05) is 11.8 Å². The highest BCUT2D eigenvalue weighted by Gasteiger charge is 2.37. The standard InChI is InChI=1S/C15H25N3O3/c1-3-11(2)16-15(21)17-9-6-12(7-10-17)18-8-4-5-13(18)14(19)20/h3,11-13H,1,4-10H2,2H3,(H,16,21)(H,19,20). The first-order chi connectivity index (χ1) is 10.0. The maximum atomic E-state index is 12.0. The molecule has 2 rings (SSSR count). The molecule has 0 aromatic rings. The highest BCUT2D eigenvalue weighted by molar-refractivity contribution is 5.75. The average molecular weight is 295 g/mol. The van der Waals surface area contributed by atoms with E-state index in [9.17, 15) is 14.7 Å². The molecule has 0 aliphatic carbocycles. The molecule has 2 aliphatic heterocycles. The quantitative estimate of drug-likeness (QED) is 0.766. The fourth-order valence-electron chi connectivity index (χ4n) is 3.24. The minimum Gasteiger partial charge on any atom is -0.480 e. The molecule has 2 aliphatic rings. The fourth-order valence-corrected chi connectivity index (χ4v) is 3.24. The summed E-state index contributed by atoms with van der Waals surface area (Å²) in [6.45, 7) is 7.77. The zero-order chi connectivity index (χ0) is 15.4. The normalized spacial score (nSPS) is 25.6. The Balaban J connectivity index is 1.84. The summed E-state index contributed by atoms with van der Waals surface area (Å²) in [5.41, 5.74) is 0. The van der Waals surface area contributed by atoms with Crippen molar-refractivity contribution in [2.45, 2.75) is 50.7 Å². The molecular formula is C15H25N3O3. The van der Waals surface area contributed by atoms with Crippen molar-refractivity contribution in [3.63, 3.8) is 0 Å². The summed E-state index contributed by atoms with van der Waals surface area (Å²) in [7, 11) is 0. The van der Waals surface area contributed by atoms with Crippen LogP contribution >= 0.6 is 0 Å². The lowest BCUT2D eigenvalue weighted by Gasteiger charge is -2.38. The van der Waals surface area contributed by atoms with Gasteiger partial charge < -0.3 is 15.3 Å². The van der Waals surface area contributed by atoms with E-state index in [2.05, 4.69) is 16.8 Å². The van der Waals surface area contributed by atoms with Gasteiger partial charge in [0.2, 0.25) is 0 Å². The van der Waals surface area contributed by atoms with Crippen molar-refractivity contribution in [2.24, 2.45) is 0 Å². The molecule has 2 saturated heterocycles. The predicted molar refractivity (Wildman–Crippen MR) is 80.1 cm³/mol. The van der Waals surface area contributed by atoms with Gasteiger partial charge in [0, 0.05) is 25.2 Å². The number of nitrogens with zero attached hydrogens (tertiary/aromatic N) is 2. The van der Waals surface area contributed by atoms with Crippen LogP contribution in [0.2, 0.25) is 0 Å². The number of nitrogens with one attached hydrogen (secondary N) is 1. The average Bonchev–Trinajstić information content (AvgIpc) is 2.96. The van der Waals surface area contributed by atoms with E-state index >= 15 is 0 Å². The van der Waals surface area contributed by atoms with E-state index in [0.717, 1.165) is 32.2 Å². The molecule has 0 aromatic heterocycles. The number of hydrogen-bond acceptors (Lipinski definition) is 3. The first kappa shape index (κ1) is 15.8. The van der Waals surface area contributed by atoms with Gasteiger partial charge in [-0.1, -0.05) is 6.08 Å². The zero-order valence-corrected chi connectivity index (χ0v) is 12.6. The monoisotopic (exact) mass is 295 g/mol. The Labute approximate surface area is 125 Å². The van der Waals surface area contributed by atoms with Crippen molar-refractivity contribution in [1.82, 2.24) is 15.1 Å². The number of hydrogen-bond donors (Lipinski definition) is 2. The molecule has 2 amide bonds. The van der Waals surface area contributed by atoms with Crippen LogP contribution in [0.5, 0.6) is 0 Å². The van der Waals surface area contributed by atoms with Crippen LogP contribution in [0.25, 0.3) is 0 Å². The molecule has 2 unspecified atom stereocenters. The Morgan fingerprint density at radius 3 is 2.52 bits per heavy atom. The third kappa shape index (κ3) is 3.75. The number of carboxylic acid groups (broad SMARTS) is 1. The molecule has 0 saturated carbocycles. The van der Waals surface area contributed by atoms with Gasteiger partial charge in [-0.2, -0.15) is 0 Å². The van der Waals surface area contributed by atoms with Crippen molar-refractivity contribution >= 4 is 12.0 Å². The molecule has 0 radical (unpaired) electrons. The number of likely N-dealkylation sites (tertiary alicyclic amines) is 2. The lowest BCUT2D eigenvalue weighted by atomic mass is 10.0. The third-order valence-electron chi connectivity index (χ3n) is 4.50. The minimum atomic E-state index is -0.715. The van der Waals surface area contributed by atoms with Gasteiger partial charge in [-0.15, -0.1) is 6.58 Å². The second kappa shape index (κ2) is 6.93. The zero-order valence-electron chi connectivity index (χ0n) is 12.6. The molecule has 21 heavy (non-hydrogen) atoms. The molecule has 0 aromatic carbocycles. The summed E-state index contributed by atoms with van der Waals surface area (Å²) in [4.78, 5) is 27.2. The predicted octanol–water partition coefficient (Wildman–Crippen LogP) is 1.28. The minimum absolute atomic E-state index is 0.0369. The van der Waals surface area contributed by atoms with E-state index < -0.39 is 5.97 Å². The highest BCUT2D eigenvalue weighted by atomic mass is 16.4. The van der Waals surface area contributed by atoms with E-state index in [1.54, 1.807) is 6.08 Å². The molecule has 0 bridgehead atoms. The number of carbonyl (C=O) groups is 2. The largest absolute Gasteiger partial charge is 0.480 e. The second-order valence-electron chi connectivity index (χ2n) is 5.93. The maximum absolute atomic E-state index is 12.0. The Morgan fingerprint density at radius 1 is 1.29 bits per heavy atom. The van der Waals surface area contributed by atoms with Gasteiger partial charge in [-0.05, 0) is 39.2 Å². The molecule has 0 spiro atoms. The molecule has 2 heterocycles. The van der Waals surface area contributed by atoms with Crippen molar-refractivity contribution < 1.29 is 14.7 Å². The fraction of sp³-hybridized carbons (Fsp3) is 0.733. The van der Waals surface area contributed by atoms with Crippen molar-refractivity contribution in [1.29, 1.82) is 0 Å². The van der Waals surface area contributed by atoms with Gasteiger partial charge in [0.05, 0.1) is 0 Å². The summed E-state index contributed by atoms with van der Waals surface area (Å²) in [6.07, 6.45) is 5.09. The number of amides is 2. The summed E-state index contributed by atoms with van der Waals surface area (Å²) < 4.78 is 0. The molecule has 6 nitrogen and oxygen atoms in total. The second-order valence-corrected chi connectivity index (χ2v) is 5.93. The van der Waals surface area contributed by atoms with Gasteiger partial charge in [-0.3, -0.25) is 9.69 Å². The molecule has 2 N–H and O–H groups in total. The molecule has 2 atom stereocenters. The Kier molecular flexibility index (Phi) is 5.22. The van der Waals surface area contributed by atoms with Crippen molar-refractivity contribution in [3.05, 3.63) is 12.7 Å². The van der Waals surface area contributed by atoms with Gasteiger partial charge >= 0.3 is 12.0 Å². The number of urea groups is 1. The summed E-state index contributed by atoms with van der Waals surface area (Å²) in [5.74, 6) is -0.715. The lowest BCUT2D eigenvalue weighted by molar-refractivity contribution is -0.143. The number of rotatable bonds is 4. The number of carbonyl (C=O) groups excluding carboxylic acids is 1. The van der Waals surface area contributed by atoms with Crippen LogP contribution in [0, 0.1) is 0 Å². The van der Waals surface area contributed by atoms with E-state index in [1.165, 1.54) is 0 Å². The van der Waals surface area contributed by atoms with Crippen LogP contribution in [-0.2, 0) is 4.79 Å². The Hall–Kier alpha value is -1.56. The third-order valence-corrected chi connectivity index (χ3v) is 4.50. The van der Waals surface area contributed by atoms with Gasteiger partial charge in [0.25, 0.3) is 0 Å². The molecule has 118 valence electrons. The SMILES string of the molecule is C=CC(C)NC(=O)N1CCC(N2CCCC2C(=O)O)CC1. The van der Waals surface area contributed by atoms with Crippen LogP contribution in [-0.4, -0.2) is 64.7 Å². The molecule has 6 heteroatoms. The molecular weight excluding hydrogens is 270 g/mol. The van der Waals surface area contributed by atoms with Crippen molar-refractivity contribution in [2.75, 3.05) is 19.6 Å². The topological polar surface area (TPSA) is 72.9 Å². The number of carboxylic acids is 1. The maximum Gasteiger partial charge on any atom is 0.320 e. The lowest BCUT2D eigenvalue weighted by Crippen LogP contribution is -2.52.